The topological polar surface area (TPSA) is 95.6 Å². The fourth-order valence-electron chi connectivity index (χ4n) is 2.70. The second kappa shape index (κ2) is 7.69. The van der Waals surface area contributed by atoms with Gasteiger partial charge in [-0.3, -0.25) is 24.5 Å². The summed E-state index contributed by atoms with van der Waals surface area (Å²) in [6, 6.07) is 3.95. The highest BCUT2D eigenvalue weighted by atomic mass is 32.2. The number of nitrogens with zero attached hydrogens (tertiary/aromatic N) is 1. The molecule has 1 aliphatic heterocycles. The number of imide groups is 1. The van der Waals surface area contributed by atoms with Crippen LogP contribution in [-0.4, -0.2) is 46.7 Å². The maximum atomic E-state index is 12.2. The van der Waals surface area contributed by atoms with Gasteiger partial charge in [0.1, 0.15) is 5.25 Å². The van der Waals surface area contributed by atoms with Crippen LogP contribution in [0.15, 0.2) is 12.1 Å². The van der Waals surface area contributed by atoms with Crippen molar-refractivity contribution < 1.29 is 19.2 Å². The van der Waals surface area contributed by atoms with Crippen molar-refractivity contribution in [3.63, 3.8) is 0 Å². The van der Waals surface area contributed by atoms with Gasteiger partial charge in [-0.25, -0.2) is 0 Å². The Kier molecular flexibility index (Phi) is 5.84. The van der Waals surface area contributed by atoms with Gasteiger partial charge in [0.05, 0.1) is 6.54 Å². The maximum Gasteiger partial charge on any atom is 0.286 e. The van der Waals surface area contributed by atoms with E-state index in [1.165, 1.54) is 11.9 Å². The Hall–Kier alpha value is -2.35. The number of carbonyl (C=O) groups excluding carboxylic acids is 4. The summed E-state index contributed by atoms with van der Waals surface area (Å²) in [7, 11) is 1.50. The third-order valence-electron chi connectivity index (χ3n) is 3.87. The molecule has 1 saturated heterocycles. The molecule has 1 aromatic carbocycles. The number of rotatable bonds is 5. The zero-order valence-electron chi connectivity index (χ0n) is 14.6. The summed E-state index contributed by atoms with van der Waals surface area (Å²) < 4.78 is 0. The molecule has 0 radical (unpaired) electrons. The molecule has 1 aromatic rings. The molecule has 8 heteroatoms. The predicted molar refractivity (Wildman–Crippen MR) is 96.5 cm³/mol. The first-order valence-corrected chi connectivity index (χ1v) is 8.68. The number of aryl methyl sites for hydroxylation is 3. The van der Waals surface area contributed by atoms with E-state index in [9.17, 15) is 19.2 Å². The van der Waals surface area contributed by atoms with Gasteiger partial charge in [-0.05, 0) is 31.9 Å². The van der Waals surface area contributed by atoms with Crippen molar-refractivity contribution in [2.24, 2.45) is 0 Å². The molecule has 0 aromatic heterocycles. The molecule has 0 bridgehead atoms. The van der Waals surface area contributed by atoms with E-state index in [4.69, 9.17) is 0 Å². The summed E-state index contributed by atoms with van der Waals surface area (Å²) in [4.78, 5) is 48.3. The summed E-state index contributed by atoms with van der Waals surface area (Å²) >= 11 is 0.799. The second-order valence-electron chi connectivity index (χ2n) is 6.16. The molecule has 2 rings (SSSR count). The number of benzene rings is 1. The van der Waals surface area contributed by atoms with Crippen molar-refractivity contribution in [1.29, 1.82) is 0 Å². The fourth-order valence-corrected chi connectivity index (χ4v) is 3.51. The number of nitrogens with one attached hydrogen (secondary N) is 2. The molecule has 2 N–H and O–H groups in total. The van der Waals surface area contributed by atoms with Gasteiger partial charge in [-0.2, -0.15) is 0 Å². The Bertz CT molecular complexity index is 724. The van der Waals surface area contributed by atoms with Crippen LogP contribution in [0.5, 0.6) is 0 Å². The molecule has 0 unspecified atom stereocenters. The fraction of sp³-hybridized carbons (Fsp3) is 0.412. The molecule has 1 fully saturated rings. The quantitative estimate of drug-likeness (QED) is 0.831. The van der Waals surface area contributed by atoms with Crippen molar-refractivity contribution in [2.45, 2.75) is 32.4 Å². The summed E-state index contributed by atoms with van der Waals surface area (Å²) in [5, 5.41) is 3.79. The molecule has 4 amide bonds. The van der Waals surface area contributed by atoms with E-state index in [1.54, 1.807) is 0 Å². The van der Waals surface area contributed by atoms with Gasteiger partial charge in [0.2, 0.25) is 17.7 Å². The van der Waals surface area contributed by atoms with Crippen molar-refractivity contribution in [3.8, 4) is 0 Å². The summed E-state index contributed by atoms with van der Waals surface area (Å²) in [6.45, 7) is 5.69. The number of amides is 4. The largest absolute Gasteiger partial charge is 0.336 e. The average Bonchev–Trinajstić information content (AvgIpc) is 2.80. The average molecular weight is 363 g/mol. The molecule has 0 spiro atoms. The first kappa shape index (κ1) is 19.0. The van der Waals surface area contributed by atoms with Gasteiger partial charge in [-0.15, -0.1) is 0 Å². The first-order valence-electron chi connectivity index (χ1n) is 7.80. The van der Waals surface area contributed by atoms with Gasteiger partial charge in [0, 0.05) is 19.2 Å². The van der Waals surface area contributed by atoms with Crippen LogP contribution in [0, 0.1) is 20.8 Å². The molecule has 1 heterocycles. The van der Waals surface area contributed by atoms with Crippen LogP contribution < -0.4 is 10.6 Å². The Morgan fingerprint density at radius 1 is 1.20 bits per heavy atom. The number of hydrogen-bond acceptors (Lipinski definition) is 5. The molecule has 0 aliphatic carbocycles. The normalized spacial score (nSPS) is 16.6. The lowest BCUT2D eigenvalue weighted by atomic mass is 10.1. The lowest BCUT2D eigenvalue weighted by molar-refractivity contribution is -0.134. The second-order valence-corrected chi connectivity index (χ2v) is 7.33. The highest BCUT2D eigenvalue weighted by Gasteiger charge is 2.34. The van der Waals surface area contributed by atoms with Crippen LogP contribution in [0.1, 0.15) is 23.1 Å². The van der Waals surface area contributed by atoms with E-state index in [1.807, 2.05) is 32.9 Å². The maximum absolute atomic E-state index is 12.2. The van der Waals surface area contributed by atoms with Crippen molar-refractivity contribution in [1.82, 2.24) is 10.2 Å². The van der Waals surface area contributed by atoms with E-state index in [2.05, 4.69) is 10.6 Å². The molecule has 0 saturated carbocycles. The number of anilines is 1. The molecular formula is C17H21N3O4S. The Morgan fingerprint density at radius 2 is 1.80 bits per heavy atom. The third kappa shape index (κ3) is 4.82. The molecule has 7 nitrogen and oxygen atoms in total. The van der Waals surface area contributed by atoms with Gasteiger partial charge in [0.15, 0.2) is 0 Å². The van der Waals surface area contributed by atoms with Crippen molar-refractivity contribution >= 4 is 40.4 Å². The zero-order chi connectivity index (χ0) is 18.7. The zero-order valence-corrected chi connectivity index (χ0v) is 15.5. The van der Waals surface area contributed by atoms with Gasteiger partial charge >= 0.3 is 0 Å². The Balaban J connectivity index is 1.93. The monoisotopic (exact) mass is 363 g/mol. The van der Waals surface area contributed by atoms with Crippen LogP contribution in [0.4, 0.5) is 10.5 Å². The molecule has 1 atom stereocenters. The number of thioether (sulfide) groups is 1. The molecule has 1 aliphatic rings. The number of likely N-dealkylation sites (N-methyl/N-ethyl adjacent to an activating group) is 1. The van der Waals surface area contributed by atoms with Crippen LogP contribution in [0.3, 0.4) is 0 Å². The first-order chi connectivity index (χ1) is 11.7. The minimum atomic E-state index is -0.730. The number of hydrogen-bond donors (Lipinski definition) is 2. The van der Waals surface area contributed by atoms with E-state index in [0.717, 1.165) is 34.1 Å². The summed E-state index contributed by atoms with van der Waals surface area (Å²) in [5.41, 5.74) is 3.77. The smallest absolute Gasteiger partial charge is 0.286 e. The highest BCUT2D eigenvalue weighted by Crippen LogP contribution is 2.23. The van der Waals surface area contributed by atoms with Crippen LogP contribution in [0.25, 0.3) is 0 Å². The molecular weight excluding hydrogens is 342 g/mol. The summed E-state index contributed by atoms with van der Waals surface area (Å²) in [6.07, 6.45) is -0.116. The van der Waals surface area contributed by atoms with Crippen LogP contribution >= 0.6 is 11.8 Å². The van der Waals surface area contributed by atoms with Crippen molar-refractivity contribution in [3.05, 3.63) is 28.8 Å². The Morgan fingerprint density at radius 3 is 2.32 bits per heavy atom. The van der Waals surface area contributed by atoms with E-state index in [-0.39, 0.29) is 24.8 Å². The number of carbonyl (C=O) groups is 4. The SMILES string of the molecule is Cc1cc(C)c(NC(=O)CN(C)C(=O)C[C@H]2SC(=O)NC2=O)c(C)c1. The van der Waals surface area contributed by atoms with E-state index in [0.29, 0.717) is 0 Å². The predicted octanol–water partition coefficient (Wildman–Crippen LogP) is 1.75. The standard InChI is InChI=1S/C17H21N3O4S/c1-9-5-10(2)15(11(3)6-9)18-13(21)8-20(4)14(22)7-12-16(23)19-17(24)25-12/h5-6,12H,7-8H2,1-4H3,(H,18,21)(H,19,23,24)/t12-/m1/s1. The van der Waals surface area contributed by atoms with Gasteiger partial charge in [-0.1, -0.05) is 29.5 Å². The molecule has 134 valence electrons. The molecule has 25 heavy (non-hydrogen) atoms. The highest BCUT2D eigenvalue weighted by molar-refractivity contribution is 8.15. The van der Waals surface area contributed by atoms with Crippen molar-refractivity contribution in [2.75, 3.05) is 18.9 Å². The summed E-state index contributed by atoms with van der Waals surface area (Å²) in [5.74, 6) is -1.15. The van der Waals surface area contributed by atoms with E-state index >= 15 is 0 Å². The lowest BCUT2D eigenvalue weighted by Gasteiger charge is -2.19. The minimum Gasteiger partial charge on any atom is -0.336 e. The van der Waals surface area contributed by atoms with Crippen LogP contribution in [-0.2, 0) is 14.4 Å². The van der Waals surface area contributed by atoms with Gasteiger partial charge in [0.25, 0.3) is 5.24 Å². The van der Waals surface area contributed by atoms with Crippen LogP contribution in [0.2, 0.25) is 0 Å². The minimum absolute atomic E-state index is 0.116. The Labute approximate surface area is 150 Å². The third-order valence-corrected chi connectivity index (χ3v) is 4.86. The van der Waals surface area contributed by atoms with Gasteiger partial charge < -0.3 is 10.2 Å². The lowest BCUT2D eigenvalue weighted by Crippen LogP contribution is -2.37. The van der Waals surface area contributed by atoms with E-state index < -0.39 is 16.4 Å².